The molecule has 0 aliphatic carbocycles. The van der Waals surface area contributed by atoms with Gasteiger partial charge in [0.15, 0.2) is 11.5 Å². The number of benzene rings is 2. The van der Waals surface area contributed by atoms with Gasteiger partial charge in [-0.3, -0.25) is 4.55 Å². The molecule has 0 saturated carbocycles. The molecule has 2 aromatic carbocycles. The number of nitrogens with zero attached hydrogens (tertiary/aromatic N) is 2. The van der Waals surface area contributed by atoms with Crippen molar-refractivity contribution in [2.24, 2.45) is 0 Å². The lowest BCUT2D eigenvalue weighted by atomic mass is 10.2. The Balaban J connectivity index is 2.13. The fraction of sp³-hybridized carbons (Fsp3) is 0.125. The molecule has 0 atom stereocenters. The summed E-state index contributed by atoms with van der Waals surface area (Å²) in [6, 6.07) is 9.00. The maximum Gasteiger partial charge on any atom is 0.294 e. The molecule has 0 spiro atoms. The number of nitrogens with one attached hydrogen (secondary N) is 1. The standard InChI is InChI=1S/C16H14ClN3O5S/c1-24-13-7-11-12(8-14(13)25-2)19-16(17)20-15(11)18-9-4-3-5-10(6-9)26(21,22)23/h3-8H,1-2H3,(H,18,19,20)(H,21,22,23). The maximum absolute atomic E-state index is 11.3. The number of anilines is 2. The molecule has 0 unspecified atom stereocenters. The van der Waals surface area contributed by atoms with E-state index in [9.17, 15) is 13.0 Å². The van der Waals surface area contributed by atoms with E-state index >= 15 is 0 Å². The van der Waals surface area contributed by atoms with E-state index in [4.69, 9.17) is 21.1 Å². The number of aromatic nitrogens is 2. The average molecular weight is 396 g/mol. The van der Waals surface area contributed by atoms with Gasteiger partial charge >= 0.3 is 0 Å². The Bertz CT molecular complexity index is 1090. The lowest BCUT2D eigenvalue weighted by molar-refractivity contribution is 0.356. The van der Waals surface area contributed by atoms with Gasteiger partial charge in [0.2, 0.25) is 5.28 Å². The van der Waals surface area contributed by atoms with Gasteiger partial charge in [0.05, 0.1) is 24.6 Å². The highest BCUT2D eigenvalue weighted by Gasteiger charge is 2.14. The van der Waals surface area contributed by atoms with Crippen LogP contribution in [0.2, 0.25) is 5.28 Å². The zero-order valence-electron chi connectivity index (χ0n) is 13.7. The first-order valence-corrected chi connectivity index (χ1v) is 9.07. The number of methoxy groups -OCH3 is 2. The van der Waals surface area contributed by atoms with E-state index in [2.05, 4.69) is 15.3 Å². The highest BCUT2D eigenvalue weighted by molar-refractivity contribution is 7.85. The Labute approximate surface area is 154 Å². The van der Waals surface area contributed by atoms with Gasteiger partial charge in [-0.2, -0.15) is 13.4 Å². The Hall–Kier alpha value is -2.62. The molecular formula is C16H14ClN3O5S. The van der Waals surface area contributed by atoms with Crippen molar-refractivity contribution in [3.8, 4) is 11.5 Å². The first-order chi connectivity index (χ1) is 12.3. The fourth-order valence-electron chi connectivity index (χ4n) is 2.39. The monoisotopic (exact) mass is 395 g/mol. The van der Waals surface area contributed by atoms with Crippen molar-refractivity contribution in [3.63, 3.8) is 0 Å². The molecule has 1 aromatic heterocycles. The number of fused-ring (bicyclic) bond motifs is 1. The minimum absolute atomic E-state index is 0.00171. The molecule has 0 aliphatic heterocycles. The van der Waals surface area contributed by atoms with Crippen LogP contribution in [0.15, 0.2) is 41.3 Å². The summed E-state index contributed by atoms with van der Waals surface area (Å²) in [5.74, 6) is 1.29. The van der Waals surface area contributed by atoms with Crippen LogP contribution in [0, 0.1) is 0 Å². The normalized spacial score (nSPS) is 11.4. The van der Waals surface area contributed by atoms with Crippen LogP contribution in [0.4, 0.5) is 11.5 Å². The molecule has 0 aliphatic rings. The largest absolute Gasteiger partial charge is 0.493 e. The lowest BCUT2D eigenvalue weighted by Gasteiger charge is -2.13. The average Bonchev–Trinajstić information content (AvgIpc) is 2.60. The van der Waals surface area contributed by atoms with Crippen LogP contribution < -0.4 is 14.8 Å². The summed E-state index contributed by atoms with van der Waals surface area (Å²) < 4.78 is 42.3. The van der Waals surface area contributed by atoms with Crippen LogP contribution in [0.3, 0.4) is 0 Å². The van der Waals surface area contributed by atoms with Crippen LogP contribution in [0.1, 0.15) is 0 Å². The van der Waals surface area contributed by atoms with E-state index in [1.807, 2.05) is 0 Å². The minimum atomic E-state index is -4.32. The molecule has 0 radical (unpaired) electrons. The predicted octanol–water partition coefficient (Wildman–Crippen LogP) is 3.29. The third kappa shape index (κ3) is 3.64. The predicted molar refractivity (Wildman–Crippen MR) is 97.2 cm³/mol. The molecule has 8 nitrogen and oxygen atoms in total. The Kier molecular flexibility index (Phi) is 4.86. The van der Waals surface area contributed by atoms with E-state index in [0.29, 0.717) is 33.9 Å². The van der Waals surface area contributed by atoms with Gasteiger partial charge in [-0.15, -0.1) is 0 Å². The van der Waals surface area contributed by atoms with Crippen molar-refractivity contribution in [3.05, 3.63) is 41.7 Å². The third-order valence-electron chi connectivity index (χ3n) is 3.57. The van der Waals surface area contributed by atoms with E-state index in [1.54, 1.807) is 18.2 Å². The Morgan fingerprint density at radius 1 is 1.08 bits per heavy atom. The smallest absolute Gasteiger partial charge is 0.294 e. The molecule has 2 N–H and O–H groups in total. The molecule has 0 bridgehead atoms. The highest BCUT2D eigenvalue weighted by Crippen LogP contribution is 2.35. The van der Waals surface area contributed by atoms with Crippen LogP contribution in [-0.4, -0.2) is 37.2 Å². The molecule has 0 saturated heterocycles. The van der Waals surface area contributed by atoms with E-state index in [-0.39, 0.29) is 10.2 Å². The summed E-state index contributed by atoms with van der Waals surface area (Å²) in [5.41, 5.74) is 0.905. The van der Waals surface area contributed by atoms with Gasteiger partial charge in [-0.1, -0.05) is 6.07 Å². The summed E-state index contributed by atoms with van der Waals surface area (Å²) in [7, 11) is -1.31. The van der Waals surface area contributed by atoms with Gasteiger partial charge in [0.25, 0.3) is 10.1 Å². The van der Waals surface area contributed by atoms with Gasteiger partial charge in [-0.25, -0.2) is 4.98 Å². The van der Waals surface area contributed by atoms with Gasteiger partial charge in [-0.05, 0) is 35.9 Å². The van der Waals surface area contributed by atoms with Crippen molar-refractivity contribution in [2.45, 2.75) is 4.90 Å². The highest BCUT2D eigenvalue weighted by atomic mass is 35.5. The third-order valence-corrected chi connectivity index (χ3v) is 4.59. The van der Waals surface area contributed by atoms with Crippen molar-refractivity contribution < 1.29 is 22.4 Å². The number of halogens is 1. The number of ether oxygens (including phenoxy) is 2. The Morgan fingerprint density at radius 3 is 2.42 bits per heavy atom. The molecule has 0 fully saturated rings. The summed E-state index contributed by atoms with van der Waals surface area (Å²) in [5, 5.41) is 3.57. The second kappa shape index (κ2) is 6.94. The van der Waals surface area contributed by atoms with Crippen molar-refractivity contribution in [1.29, 1.82) is 0 Å². The van der Waals surface area contributed by atoms with Crippen LogP contribution in [0.25, 0.3) is 10.9 Å². The molecule has 3 rings (SSSR count). The SMILES string of the molecule is COc1cc2nc(Cl)nc(Nc3cccc(S(=O)(=O)O)c3)c2cc1OC. The zero-order chi connectivity index (χ0) is 18.9. The summed E-state index contributed by atoms with van der Waals surface area (Å²) in [4.78, 5) is 8.07. The van der Waals surface area contributed by atoms with Gasteiger partial charge in [0.1, 0.15) is 5.82 Å². The number of hydrogen-bond donors (Lipinski definition) is 2. The second-order valence-electron chi connectivity index (χ2n) is 5.19. The topological polar surface area (TPSA) is 111 Å². The molecule has 136 valence electrons. The van der Waals surface area contributed by atoms with Crippen molar-refractivity contribution in [1.82, 2.24) is 9.97 Å². The van der Waals surface area contributed by atoms with Crippen LogP contribution in [0.5, 0.6) is 11.5 Å². The summed E-state index contributed by atoms with van der Waals surface area (Å²) in [6.07, 6.45) is 0. The summed E-state index contributed by atoms with van der Waals surface area (Å²) in [6.45, 7) is 0. The molecule has 0 amide bonds. The van der Waals surface area contributed by atoms with Crippen molar-refractivity contribution in [2.75, 3.05) is 19.5 Å². The summed E-state index contributed by atoms with van der Waals surface area (Å²) >= 11 is 5.99. The number of rotatable bonds is 5. The minimum Gasteiger partial charge on any atom is -0.493 e. The molecule has 26 heavy (non-hydrogen) atoms. The number of hydrogen-bond acceptors (Lipinski definition) is 7. The first kappa shape index (κ1) is 18.2. The quantitative estimate of drug-likeness (QED) is 0.500. The van der Waals surface area contributed by atoms with E-state index in [0.717, 1.165) is 0 Å². The maximum atomic E-state index is 11.3. The molecule has 10 heteroatoms. The molecular weight excluding hydrogens is 382 g/mol. The Morgan fingerprint density at radius 2 is 1.77 bits per heavy atom. The molecule has 1 heterocycles. The van der Waals surface area contributed by atoms with Gasteiger partial charge in [0, 0.05) is 17.1 Å². The second-order valence-corrected chi connectivity index (χ2v) is 6.95. The lowest BCUT2D eigenvalue weighted by Crippen LogP contribution is -2.01. The fourth-order valence-corrected chi connectivity index (χ4v) is 3.10. The van der Waals surface area contributed by atoms with Crippen LogP contribution >= 0.6 is 11.6 Å². The van der Waals surface area contributed by atoms with Crippen molar-refractivity contribution >= 4 is 44.1 Å². The van der Waals surface area contributed by atoms with Crippen LogP contribution in [-0.2, 0) is 10.1 Å². The zero-order valence-corrected chi connectivity index (χ0v) is 15.3. The molecule has 3 aromatic rings. The first-order valence-electron chi connectivity index (χ1n) is 7.25. The van der Waals surface area contributed by atoms with E-state index < -0.39 is 10.1 Å². The van der Waals surface area contributed by atoms with E-state index in [1.165, 1.54) is 32.4 Å². The van der Waals surface area contributed by atoms with Gasteiger partial charge < -0.3 is 14.8 Å².